The molecule has 0 saturated carbocycles. The second-order valence-electron chi connectivity index (χ2n) is 7.33. The number of hydrogen-bond acceptors (Lipinski definition) is 4. The van der Waals surface area contributed by atoms with Gasteiger partial charge in [-0.25, -0.2) is 0 Å². The fraction of sp³-hybridized carbons (Fsp3) is 0.154. The van der Waals surface area contributed by atoms with Gasteiger partial charge in [-0.3, -0.25) is 9.59 Å². The summed E-state index contributed by atoms with van der Waals surface area (Å²) in [5.41, 5.74) is 2.97. The molecular formula is C26H24N2O3S. The van der Waals surface area contributed by atoms with Gasteiger partial charge >= 0.3 is 5.97 Å². The van der Waals surface area contributed by atoms with E-state index in [1.165, 1.54) is 10.9 Å². The molecule has 2 N–H and O–H groups in total. The Morgan fingerprint density at radius 3 is 2.53 bits per heavy atom. The average Bonchev–Trinajstić information content (AvgIpc) is 3.23. The highest BCUT2D eigenvalue weighted by molar-refractivity contribution is 7.99. The van der Waals surface area contributed by atoms with Crippen LogP contribution in [-0.2, 0) is 20.7 Å². The van der Waals surface area contributed by atoms with Crippen molar-refractivity contribution < 1.29 is 14.3 Å². The molecule has 1 aromatic heterocycles. The molecule has 1 heterocycles. The fourth-order valence-corrected chi connectivity index (χ4v) is 4.36. The van der Waals surface area contributed by atoms with Crippen LogP contribution in [0.15, 0.2) is 94.9 Å². The van der Waals surface area contributed by atoms with Crippen molar-refractivity contribution in [1.82, 2.24) is 4.98 Å². The molecule has 0 fully saturated rings. The van der Waals surface area contributed by atoms with Gasteiger partial charge in [0.05, 0.1) is 5.69 Å². The molecule has 32 heavy (non-hydrogen) atoms. The Balaban J connectivity index is 1.23. The number of H-pyrrole nitrogens is 1. The van der Waals surface area contributed by atoms with Crippen LogP contribution in [0.2, 0.25) is 0 Å². The first-order valence-corrected chi connectivity index (χ1v) is 11.3. The molecule has 0 unspecified atom stereocenters. The Bertz CT molecular complexity index is 1200. The number of para-hydroxylation sites is 2. The number of ether oxygens (including phenoxy) is 1. The van der Waals surface area contributed by atoms with Gasteiger partial charge in [0.1, 0.15) is 0 Å². The first-order valence-electron chi connectivity index (χ1n) is 10.5. The Hall–Kier alpha value is -3.51. The van der Waals surface area contributed by atoms with E-state index in [1.807, 2.05) is 79.0 Å². The maximum Gasteiger partial charge on any atom is 0.306 e. The van der Waals surface area contributed by atoms with Gasteiger partial charge in [-0.2, -0.15) is 0 Å². The number of anilines is 1. The Morgan fingerprint density at radius 2 is 1.66 bits per heavy atom. The number of aromatic amines is 1. The number of nitrogens with one attached hydrogen (secondary N) is 2. The first-order chi connectivity index (χ1) is 15.7. The largest absolute Gasteiger partial charge is 0.456 e. The molecule has 4 rings (SSSR count). The van der Waals surface area contributed by atoms with Crippen LogP contribution in [0.1, 0.15) is 18.4 Å². The van der Waals surface area contributed by atoms with Crippen molar-refractivity contribution >= 4 is 40.2 Å². The molecule has 0 aliphatic rings. The lowest BCUT2D eigenvalue weighted by Crippen LogP contribution is -2.21. The lowest BCUT2D eigenvalue weighted by Gasteiger charge is -2.11. The van der Waals surface area contributed by atoms with Crippen LogP contribution in [0.3, 0.4) is 0 Å². The number of rotatable bonds is 9. The van der Waals surface area contributed by atoms with Gasteiger partial charge in [0, 0.05) is 33.3 Å². The highest BCUT2D eigenvalue weighted by Gasteiger charge is 2.11. The second-order valence-corrected chi connectivity index (χ2v) is 8.45. The summed E-state index contributed by atoms with van der Waals surface area (Å²) in [7, 11) is 0. The normalized spacial score (nSPS) is 10.8. The van der Waals surface area contributed by atoms with Crippen molar-refractivity contribution in [2.75, 3.05) is 11.9 Å². The summed E-state index contributed by atoms with van der Waals surface area (Å²) in [5, 5.41) is 4.02. The summed E-state index contributed by atoms with van der Waals surface area (Å²) in [6, 6.07) is 25.6. The van der Waals surface area contributed by atoms with E-state index in [9.17, 15) is 9.59 Å². The number of amides is 1. The molecule has 0 atom stereocenters. The van der Waals surface area contributed by atoms with E-state index in [0.29, 0.717) is 12.1 Å². The van der Waals surface area contributed by atoms with Gasteiger partial charge in [0.2, 0.25) is 0 Å². The lowest BCUT2D eigenvalue weighted by atomic mass is 10.1. The minimum atomic E-state index is -0.369. The number of carbonyl (C=O) groups is 2. The topological polar surface area (TPSA) is 71.2 Å². The summed E-state index contributed by atoms with van der Waals surface area (Å²) < 4.78 is 5.18. The highest BCUT2D eigenvalue weighted by Crippen LogP contribution is 2.33. The van der Waals surface area contributed by atoms with Crippen molar-refractivity contribution in [2.45, 2.75) is 29.1 Å². The quantitative estimate of drug-likeness (QED) is 0.319. The maximum atomic E-state index is 12.3. The second kappa shape index (κ2) is 10.7. The predicted molar refractivity (Wildman–Crippen MR) is 128 cm³/mol. The molecule has 0 saturated heterocycles. The molecule has 0 bridgehead atoms. The van der Waals surface area contributed by atoms with Crippen LogP contribution >= 0.6 is 11.8 Å². The molecule has 3 aromatic carbocycles. The Labute approximate surface area is 191 Å². The number of aryl methyl sites for hydroxylation is 1. The van der Waals surface area contributed by atoms with Crippen LogP contribution < -0.4 is 5.32 Å². The fourth-order valence-electron chi connectivity index (χ4n) is 3.44. The minimum Gasteiger partial charge on any atom is -0.456 e. The summed E-state index contributed by atoms with van der Waals surface area (Å²) in [5.74, 6) is -0.719. The van der Waals surface area contributed by atoms with E-state index in [4.69, 9.17) is 4.74 Å². The van der Waals surface area contributed by atoms with Crippen molar-refractivity contribution in [3.05, 3.63) is 90.6 Å². The molecule has 0 radical (unpaired) electrons. The Morgan fingerprint density at radius 1 is 0.906 bits per heavy atom. The van der Waals surface area contributed by atoms with Crippen LogP contribution in [0, 0.1) is 0 Å². The van der Waals surface area contributed by atoms with E-state index >= 15 is 0 Å². The highest BCUT2D eigenvalue weighted by atomic mass is 32.2. The van der Waals surface area contributed by atoms with Gasteiger partial charge in [0.25, 0.3) is 5.91 Å². The first kappa shape index (κ1) is 21.7. The summed E-state index contributed by atoms with van der Waals surface area (Å²) in [6.07, 6.45) is 3.69. The maximum absolute atomic E-state index is 12.3. The predicted octanol–water partition coefficient (Wildman–Crippen LogP) is 5.82. The monoisotopic (exact) mass is 444 g/mol. The molecule has 0 aliphatic carbocycles. The van der Waals surface area contributed by atoms with Crippen molar-refractivity contribution in [3.63, 3.8) is 0 Å². The third-order valence-electron chi connectivity index (χ3n) is 5.00. The molecular weight excluding hydrogens is 420 g/mol. The lowest BCUT2D eigenvalue weighted by molar-refractivity contribution is -0.147. The molecule has 6 heteroatoms. The van der Waals surface area contributed by atoms with E-state index in [2.05, 4.69) is 16.4 Å². The summed E-state index contributed by atoms with van der Waals surface area (Å²) >= 11 is 1.57. The number of fused-ring (bicyclic) bond motifs is 1. The van der Waals surface area contributed by atoms with E-state index < -0.39 is 0 Å². The van der Waals surface area contributed by atoms with Crippen molar-refractivity contribution in [2.24, 2.45) is 0 Å². The zero-order valence-electron chi connectivity index (χ0n) is 17.5. The third-order valence-corrected chi connectivity index (χ3v) is 6.08. The number of benzene rings is 3. The van der Waals surface area contributed by atoms with Crippen molar-refractivity contribution in [1.29, 1.82) is 0 Å². The zero-order chi connectivity index (χ0) is 22.2. The smallest absolute Gasteiger partial charge is 0.306 e. The van der Waals surface area contributed by atoms with E-state index in [0.717, 1.165) is 21.7 Å². The van der Waals surface area contributed by atoms with Gasteiger partial charge in [-0.05, 0) is 48.7 Å². The van der Waals surface area contributed by atoms with Gasteiger partial charge in [-0.1, -0.05) is 60.3 Å². The van der Waals surface area contributed by atoms with Crippen molar-refractivity contribution in [3.8, 4) is 0 Å². The van der Waals surface area contributed by atoms with Crippen LogP contribution in [0.25, 0.3) is 10.9 Å². The average molecular weight is 445 g/mol. The molecule has 4 aromatic rings. The third kappa shape index (κ3) is 5.80. The minimum absolute atomic E-state index is 0.271. The summed E-state index contributed by atoms with van der Waals surface area (Å²) in [4.78, 5) is 29.7. The van der Waals surface area contributed by atoms with Gasteiger partial charge in [-0.15, -0.1) is 0 Å². The van der Waals surface area contributed by atoms with Crippen LogP contribution in [0.5, 0.6) is 0 Å². The van der Waals surface area contributed by atoms with Gasteiger partial charge < -0.3 is 15.0 Å². The Kier molecular flexibility index (Phi) is 7.25. The molecule has 162 valence electrons. The standard InChI is InChI=1S/C26H24N2O3S/c29-25(28-23-14-6-7-15-24(23)32-20-10-2-1-3-11-20)18-31-26(30)16-8-9-19-17-27-22-13-5-4-12-21(19)22/h1-7,10-15,17,27H,8-9,16,18H2,(H,28,29). The molecule has 0 spiro atoms. The molecule has 5 nitrogen and oxygen atoms in total. The number of esters is 1. The zero-order valence-corrected chi connectivity index (χ0v) is 18.4. The molecule has 0 aliphatic heterocycles. The van der Waals surface area contributed by atoms with Crippen LogP contribution in [-0.4, -0.2) is 23.5 Å². The number of carbonyl (C=O) groups excluding carboxylic acids is 2. The van der Waals surface area contributed by atoms with Gasteiger partial charge in [0.15, 0.2) is 6.61 Å². The molecule has 1 amide bonds. The summed E-state index contributed by atoms with van der Waals surface area (Å²) in [6.45, 7) is -0.295. The van der Waals surface area contributed by atoms with Crippen LogP contribution in [0.4, 0.5) is 5.69 Å². The number of aromatic nitrogens is 1. The SMILES string of the molecule is O=C(COC(=O)CCCc1c[nH]c2ccccc12)Nc1ccccc1Sc1ccccc1. The number of hydrogen-bond donors (Lipinski definition) is 2. The van der Waals surface area contributed by atoms with E-state index in [1.54, 1.807) is 11.8 Å². The van der Waals surface area contributed by atoms with E-state index in [-0.39, 0.29) is 24.9 Å².